The fraction of sp³-hybridized carbons (Fsp3) is 0.391. The third-order valence-corrected chi connectivity index (χ3v) is 6.39. The summed E-state index contributed by atoms with van der Waals surface area (Å²) in [6, 6.07) is 11.0. The molecule has 124 valence electrons. The Morgan fingerprint density at radius 3 is 2.46 bits per heavy atom. The molecule has 24 heavy (non-hydrogen) atoms. The smallest absolute Gasteiger partial charge is 0.0682 e. The van der Waals surface area contributed by atoms with Crippen molar-refractivity contribution in [3.05, 3.63) is 67.9 Å². The molecular formula is C23H26O. The third kappa shape index (κ3) is 2.34. The lowest BCUT2D eigenvalue weighted by Crippen LogP contribution is -2.31. The molecule has 0 heterocycles. The van der Waals surface area contributed by atoms with Crippen molar-refractivity contribution in [3.63, 3.8) is 0 Å². The molecule has 2 aliphatic carbocycles. The molecule has 0 spiro atoms. The van der Waals surface area contributed by atoms with Gasteiger partial charge in [-0.05, 0) is 81.2 Å². The van der Waals surface area contributed by atoms with Crippen molar-refractivity contribution in [2.24, 2.45) is 5.41 Å². The van der Waals surface area contributed by atoms with Crippen LogP contribution in [0.25, 0.3) is 12.2 Å². The van der Waals surface area contributed by atoms with E-state index in [0.717, 1.165) is 12.0 Å². The normalized spacial score (nSPS) is 17.1. The molecule has 0 aromatic heterocycles. The highest BCUT2D eigenvalue weighted by atomic mass is 16.3. The fourth-order valence-corrected chi connectivity index (χ4v) is 4.50. The van der Waals surface area contributed by atoms with Crippen LogP contribution >= 0.6 is 0 Å². The van der Waals surface area contributed by atoms with Crippen LogP contribution in [0.1, 0.15) is 49.8 Å². The Hall–Kier alpha value is -1.86. The van der Waals surface area contributed by atoms with Gasteiger partial charge in [-0.1, -0.05) is 50.3 Å². The molecule has 0 bridgehead atoms. The highest BCUT2D eigenvalue weighted by Crippen LogP contribution is 2.37. The van der Waals surface area contributed by atoms with Gasteiger partial charge in [-0.15, -0.1) is 0 Å². The van der Waals surface area contributed by atoms with Crippen molar-refractivity contribution >= 4 is 12.2 Å². The van der Waals surface area contributed by atoms with Crippen molar-refractivity contribution in [2.75, 3.05) is 0 Å². The van der Waals surface area contributed by atoms with Gasteiger partial charge in [0.15, 0.2) is 0 Å². The van der Waals surface area contributed by atoms with Gasteiger partial charge >= 0.3 is 0 Å². The molecule has 0 amide bonds. The van der Waals surface area contributed by atoms with Crippen LogP contribution in [0.15, 0.2) is 30.3 Å². The summed E-state index contributed by atoms with van der Waals surface area (Å²) in [5, 5.41) is 14.8. The van der Waals surface area contributed by atoms with Gasteiger partial charge in [0.05, 0.1) is 6.61 Å². The summed E-state index contributed by atoms with van der Waals surface area (Å²) in [6.45, 7) is 4.80. The van der Waals surface area contributed by atoms with Crippen LogP contribution in [0.2, 0.25) is 0 Å². The lowest BCUT2D eigenvalue weighted by molar-refractivity contribution is 0.264. The second kappa shape index (κ2) is 5.89. The van der Waals surface area contributed by atoms with Gasteiger partial charge in [-0.2, -0.15) is 0 Å². The van der Waals surface area contributed by atoms with Gasteiger partial charge in [-0.3, -0.25) is 0 Å². The van der Waals surface area contributed by atoms with Crippen LogP contribution in [0, 0.1) is 15.9 Å². The van der Waals surface area contributed by atoms with Crippen LogP contribution < -0.4 is 10.4 Å². The van der Waals surface area contributed by atoms with E-state index in [0.29, 0.717) is 5.41 Å². The fourth-order valence-electron chi connectivity index (χ4n) is 4.50. The molecule has 0 unspecified atom stereocenters. The molecule has 0 radical (unpaired) electrons. The number of hydrogen-bond acceptors (Lipinski definition) is 1. The Morgan fingerprint density at radius 2 is 1.71 bits per heavy atom. The maximum atomic E-state index is 9.39. The summed E-state index contributed by atoms with van der Waals surface area (Å²) >= 11 is 0. The van der Waals surface area contributed by atoms with Crippen LogP contribution in [0.3, 0.4) is 0 Å². The number of fused-ring (bicyclic) bond motifs is 4. The molecule has 2 aliphatic rings. The summed E-state index contributed by atoms with van der Waals surface area (Å²) in [5.41, 5.74) is 4.55. The predicted octanol–water partition coefficient (Wildman–Crippen LogP) is 3.34. The summed E-state index contributed by atoms with van der Waals surface area (Å²) in [7, 11) is 0. The van der Waals surface area contributed by atoms with E-state index in [9.17, 15) is 5.11 Å². The first-order valence-electron chi connectivity index (χ1n) is 9.25. The topological polar surface area (TPSA) is 20.2 Å². The molecule has 0 fully saturated rings. The molecule has 0 saturated carbocycles. The van der Waals surface area contributed by atoms with Crippen LogP contribution in [0.4, 0.5) is 0 Å². The minimum absolute atomic E-state index is 0.114. The van der Waals surface area contributed by atoms with E-state index >= 15 is 0 Å². The number of aliphatic hydroxyl groups is 1. The average Bonchev–Trinajstić information content (AvgIpc) is 2.66. The summed E-state index contributed by atoms with van der Waals surface area (Å²) in [6.07, 6.45) is 10.8. The molecule has 2 aromatic rings. The minimum Gasteiger partial charge on any atom is -0.392 e. The van der Waals surface area contributed by atoms with Gasteiger partial charge in [0.2, 0.25) is 0 Å². The van der Waals surface area contributed by atoms with Crippen molar-refractivity contribution in [2.45, 2.75) is 52.6 Å². The van der Waals surface area contributed by atoms with Gasteiger partial charge in [0.25, 0.3) is 0 Å². The standard InChI is InChI=1S/C23H26O/c1-3-23(4-2)12-11-17-6-9-20-19-8-5-16(15-24)13-18(19)7-10-21(20)22(17)14-23/h5-9,11,13,24H,3-4,10,12,14-15H2,1-2H3. The Morgan fingerprint density at radius 1 is 0.917 bits per heavy atom. The molecule has 0 atom stereocenters. The largest absolute Gasteiger partial charge is 0.392 e. The predicted molar refractivity (Wildman–Crippen MR) is 99.7 cm³/mol. The molecule has 1 nitrogen and oxygen atoms in total. The number of aliphatic hydroxyl groups excluding tert-OH is 1. The summed E-state index contributed by atoms with van der Waals surface area (Å²) in [5.74, 6) is 0. The van der Waals surface area contributed by atoms with E-state index in [1.807, 2.05) is 0 Å². The highest BCUT2D eigenvalue weighted by Gasteiger charge is 2.29. The first-order valence-corrected chi connectivity index (χ1v) is 9.25. The summed E-state index contributed by atoms with van der Waals surface area (Å²) in [4.78, 5) is 0. The van der Waals surface area contributed by atoms with E-state index in [-0.39, 0.29) is 6.61 Å². The molecule has 0 aliphatic heterocycles. The van der Waals surface area contributed by atoms with Crippen LogP contribution in [0.5, 0.6) is 0 Å². The van der Waals surface area contributed by atoms with Gasteiger partial charge in [-0.25, -0.2) is 0 Å². The quantitative estimate of drug-likeness (QED) is 0.920. The van der Waals surface area contributed by atoms with E-state index < -0.39 is 0 Å². The molecule has 1 heteroatoms. The molecule has 2 aromatic carbocycles. The van der Waals surface area contributed by atoms with Gasteiger partial charge < -0.3 is 5.11 Å². The molecule has 1 N–H and O–H groups in total. The van der Waals surface area contributed by atoms with Crippen molar-refractivity contribution in [1.82, 2.24) is 0 Å². The van der Waals surface area contributed by atoms with Gasteiger partial charge in [0, 0.05) is 0 Å². The number of rotatable bonds is 3. The SMILES string of the molecule is CCC1(CC)CC=c2ccc3c(c2C1)CC=c1cc(CO)ccc1=3. The first-order chi connectivity index (χ1) is 11.7. The van der Waals surface area contributed by atoms with Crippen molar-refractivity contribution < 1.29 is 5.11 Å². The summed E-state index contributed by atoms with van der Waals surface area (Å²) < 4.78 is 0. The Balaban J connectivity index is 2.00. The third-order valence-electron chi connectivity index (χ3n) is 6.39. The Bertz CT molecular complexity index is 994. The van der Waals surface area contributed by atoms with Crippen LogP contribution in [-0.4, -0.2) is 5.11 Å². The van der Waals surface area contributed by atoms with E-state index in [1.165, 1.54) is 52.1 Å². The lowest BCUT2D eigenvalue weighted by atomic mass is 9.70. The molecule has 4 rings (SSSR count). The maximum Gasteiger partial charge on any atom is 0.0682 e. The Kier molecular flexibility index (Phi) is 3.85. The average molecular weight is 318 g/mol. The zero-order valence-corrected chi connectivity index (χ0v) is 14.7. The van der Waals surface area contributed by atoms with Gasteiger partial charge in [0.1, 0.15) is 0 Å². The second-order valence-corrected chi connectivity index (χ2v) is 7.44. The lowest BCUT2D eigenvalue weighted by Gasteiger charge is -2.35. The van der Waals surface area contributed by atoms with E-state index in [4.69, 9.17) is 0 Å². The van der Waals surface area contributed by atoms with E-state index in [2.05, 4.69) is 56.3 Å². The zero-order chi connectivity index (χ0) is 16.7. The Labute approximate surface area is 143 Å². The van der Waals surface area contributed by atoms with E-state index in [1.54, 1.807) is 5.56 Å². The zero-order valence-electron chi connectivity index (χ0n) is 14.7. The van der Waals surface area contributed by atoms with Crippen molar-refractivity contribution in [3.8, 4) is 0 Å². The van der Waals surface area contributed by atoms with Crippen molar-refractivity contribution in [1.29, 1.82) is 0 Å². The minimum atomic E-state index is 0.114. The maximum absolute atomic E-state index is 9.39. The second-order valence-electron chi connectivity index (χ2n) is 7.44. The van der Waals surface area contributed by atoms with Crippen LogP contribution in [-0.2, 0) is 19.4 Å². The highest BCUT2D eigenvalue weighted by molar-refractivity contribution is 5.48. The number of benzene rings is 2. The molecular weight excluding hydrogens is 292 g/mol. The molecule has 0 saturated heterocycles. The first kappa shape index (κ1) is 15.7. The monoisotopic (exact) mass is 318 g/mol. The number of hydrogen-bond donors (Lipinski definition) is 1.